The van der Waals surface area contributed by atoms with E-state index in [1.54, 1.807) is 0 Å². The summed E-state index contributed by atoms with van der Waals surface area (Å²) >= 11 is 0. The Bertz CT molecular complexity index is 601. The highest BCUT2D eigenvalue weighted by Crippen LogP contribution is 2.24. The van der Waals surface area contributed by atoms with Gasteiger partial charge in [0.15, 0.2) is 17.2 Å². The quantitative estimate of drug-likeness (QED) is 0.866. The average molecular weight is 340 g/mol. The third-order valence-corrected chi connectivity index (χ3v) is 4.13. The monoisotopic (exact) mass is 340 g/mol. The summed E-state index contributed by atoms with van der Waals surface area (Å²) in [5, 5.41) is 13.9. The molecule has 0 radical (unpaired) electrons. The van der Waals surface area contributed by atoms with Gasteiger partial charge in [-0.2, -0.15) is 0 Å². The number of hydrogen-bond acceptors (Lipinski definition) is 3. The fourth-order valence-electron chi connectivity index (χ4n) is 2.88. The molecule has 1 unspecified atom stereocenters. The molecule has 24 heavy (non-hydrogen) atoms. The molecule has 2 N–H and O–H groups in total. The number of piperidine rings is 1. The van der Waals surface area contributed by atoms with Crippen LogP contribution < -0.4 is 5.32 Å². The summed E-state index contributed by atoms with van der Waals surface area (Å²) in [6.07, 6.45) is 1.07. The van der Waals surface area contributed by atoms with E-state index in [1.165, 1.54) is 11.0 Å². The Morgan fingerprint density at radius 2 is 2.00 bits per heavy atom. The molecule has 2 rings (SSSR count). The second-order valence-corrected chi connectivity index (χ2v) is 7.77. The van der Waals surface area contributed by atoms with Gasteiger partial charge in [0, 0.05) is 26.2 Å². The van der Waals surface area contributed by atoms with Crippen LogP contribution in [0.15, 0.2) is 18.2 Å². The summed E-state index contributed by atoms with van der Waals surface area (Å²) in [5.41, 5.74) is -0.879. The van der Waals surface area contributed by atoms with E-state index >= 15 is 0 Å². The molecule has 1 saturated heterocycles. The van der Waals surface area contributed by atoms with Crippen molar-refractivity contribution in [3.63, 3.8) is 0 Å². The van der Waals surface area contributed by atoms with Gasteiger partial charge in [-0.15, -0.1) is 0 Å². The van der Waals surface area contributed by atoms with Gasteiger partial charge in [-0.3, -0.25) is 4.79 Å². The van der Waals surface area contributed by atoms with Crippen molar-refractivity contribution in [2.24, 2.45) is 5.41 Å². The highest BCUT2D eigenvalue weighted by Gasteiger charge is 2.41. The van der Waals surface area contributed by atoms with Crippen molar-refractivity contribution in [1.29, 1.82) is 0 Å². The summed E-state index contributed by atoms with van der Waals surface area (Å²) < 4.78 is 26.3. The Morgan fingerprint density at radius 3 is 2.62 bits per heavy atom. The number of hydrogen-bond donors (Lipinski definition) is 2. The summed E-state index contributed by atoms with van der Waals surface area (Å²) in [5.74, 6) is -2.20. The van der Waals surface area contributed by atoms with E-state index in [4.69, 9.17) is 0 Å². The van der Waals surface area contributed by atoms with Crippen molar-refractivity contribution < 1.29 is 18.7 Å². The molecule has 4 nitrogen and oxygen atoms in total. The van der Waals surface area contributed by atoms with Crippen molar-refractivity contribution in [2.75, 3.05) is 19.6 Å². The minimum Gasteiger partial charge on any atom is -0.379 e. The van der Waals surface area contributed by atoms with E-state index in [9.17, 15) is 18.7 Å². The van der Waals surface area contributed by atoms with Crippen molar-refractivity contribution in [3.8, 4) is 0 Å². The molecule has 1 aliphatic heterocycles. The Labute approximate surface area is 141 Å². The summed E-state index contributed by atoms with van der Waals surface area (Å²) in [6, 6.07) is 3.60. The molecule has 1 heterocycles. The number of nitrogens with zero attached hydrogens (tertiary/aromatic N) is 1. The first-order valence-corrected chi connectivity index (χ1v) is 8.27. The van der Waals surface area contributed by atoms with E-state index in [2.05, 4.69) is 26.1 Å². The maximum Gasteiger partial charge on any atom is 0.256 e. The van der Waals surface area contributed by atoms with Crippen LogP contribution in [0.5, 0.6) is 0 Å². The van der Waals surface area contributed by atoms with Crippen molar-refractivity contribution in [3.05, 3.63) is 35.4 Å². The lowest BCUT2D eigenvalue weighted by molar-refractivity contribution is -0.157. The topological polar surface area (TPSA) is 52.6 Å². The SMILES string of the molecule is CC(C)(C)CNCC1(O)CCCN(Cc2ccc(F)c(F)c2)C1=O. The molecular weight excluding hydrogens is 314 g/mol. The molecule has 1 fully saturated rings. The lowest BCUT2D eigenvalue weighted by atomic mass is 9.90. The first-order chi connectivity index (χ1) is 11.1. The van der Waals surface area contributed by atoms with Crippen LogP contribution in [0.4, 0.5) is 8.78 Å². The van der Waals surface area contributed by atoms with Crippen LogP contribution in [0.1, 0.15) is 39.2 Å². The third-order valence-electron chi connectivity index (χ3n) is 4.13. The fraction of sp³-hybridized carbons (Fsp3) is 0.611. The number of benzene rings is 1. The molecule has 0 aromatic heterocycles. The molecule has 6 heteroatoms. The predicted molar refractivity (Wildman–Crippen MR) is 88.3 cm³/mol. The Hall–Kier alpha value is -1.53. The van der Waals surface area contributed by atoms with Gasteiger partial charge in [0.1, 0.15) is 0 Å². The van der Waals surface area contributed by atoms with E-state index in [1.807, 2.05) is 0 Å². The van der Waals surface area contributed by atoms with Crippen LogP contribution in [0, 0.1) is 17.0 Å². The molecule has 1 amide bonds. The maximum absolute atomic E-state index is 13.3. The normalized spacial score (nSPS) is 22.1. The van der Waals surface area contributed by atoms with E-state index in [0.717, 1.165) is 12.1 Å². The molecular formula is C18H26F2N2O2. The largest absolute Gasteiger partial charge is 0.379 e. The van der Waals surface area contributed by atoms with Gasteiger partial charge >= 0.3 is 0 Å². The zero-order valence-corrected chi connectivity index (χ0v) is 14.5. The van der Waals surface area contributed by atoms with E-state index in [0.29, 0.717) is 31.5 Å². The van der Waals surface area contributed by atoms with Crippen molar-refractivity contribution in [1.82, 2.24) is 10.2 Å². The number of likely N-dealkylation sites (tertiary alicyclic amines) is 1. The Morgan fingerprint density at radius 1 is 1.29 bits per heavy atom. The minimum atomic E-state index is -1.44. The Kier molecular flexibility index (Phi) is 5.60. The summed E-state index contributed by atoms with van der Waals surface area (Å²) in [7, 11) is 0. The number of nitrogens with one attached hydrogen (secondary N) is 1. The molecule has 1 aliphatic rings. The number of amides is 1. The van der Waals surface area contributed by atoms with Gasteiger partial charge in [0.25, 0.3) is 5.91 Å². The van der Waals surface area contributed by atoms with Gasteiger partial charge in [0.2, 0.25) is 0 Å². The summed E-state index contributed by atoms with van der Waals surface area (Å²) in [6.45, 7) is 7.76. The molecule has 1 atom stereocenters. The van der Waals surface area contributed by atoms with Crippen molar-refractivity contribution >= 4 is 5.91 Å². The standard InChI is InChI=1S/C18H26F2N2O2/c1-17(2,3)11-21-12-18(24)7-4-8-22(16(18)23)10-13-5-6-14(19)15(20)9-13/h5-6,9,21,24H,4,7-8,10-12H2,1-3H3. The van der Waals surface area contributed by atoms with E-state index < -0.39 is 17.2 Å². The first-order valence-electron chi connectivity index (χ1n) is 8.27. The molecule has 1 aromatic rings. The molecule has 134 valence electrons. The van der Waals surface area contributed by atoms with Crippen molar-refractivity contribution in [2.45, 2.75) is 45.8 Å². The van der Waals surface area contributed by atoms with Gasteiger partial charge in [-0.05, 0) is 36.0 Å². The molecule has 0 spiro atoms. The second kappa shape index (κ2) is 7.15. The zero-order valence-electron chi connectivity index (χ0n) is 14.5. The van der Waals surface area contributed by atoms with Gasteiger partial charge in [0.05, 0.1) is 0 Å². The lowest BCUT2D eigenvalue weighted by Crippen LogP contribution is -2.58. The Balaban J connectivity index is 2.01. The number of aliphatic hydroxyl groups is 1. The van der Waals surface area contributed by atoms with E-state index in [-0.39, 0.29) is 24.4 Å². The lowest BCUT2D eigenvalue weighted by Gasteiger charge is -2.39. The van der Waals surface area contributed by atoms with Gasteiger partial charge in [-0.1, -0.05) is 26.8 Å². The predicted octanol–water partition coefficient (Wildman–Crippen LogP) is 2.45. The maximum atomic E-state index is 13.3. The third kappa shape index (κ3) is 4.74. The number of carbonyl (C=O) groups excluding carboxylic acids is 1. The highest BCUT2D eigenvalue weighted by atomic mass is 19.2. The van der Waals surface area contributed by atoms with Crippen LogP contribution in [0.25, 0.3) is 0 Å². The number of rotatable bonds is 5. The number of halogens is 2. The summed E-state index contributed by atoms with van der Waals surface area (Å²) in [4.78, 5) is 14.1. The molecule has 0 bridgehead atoms. The molecule has 0 saturated carbocycles. The smallest absolute Gasteiger partial charge is 0.256 e. The molecule has 0 aliphatic carbocycles. The van der Waals surface area contributed by atoms with Crippen LogP contribution >= 0.6 is 0 Å². The van der Waals surface area contributed by atoms with Gasteiger partial charge in [-0.25, -0.2) is 8.78 Å². The second-order valence-electron chi connectivity index (χ2n) is 7.77. The zero-order chi connectivity index (χ0) is 18.0. The van der Waals surface area contributed by atoms with Gasteiger partial charge < -0.3 is 15.3 Å². The number of carbonyl (C=O) groups is 1. The minimum absolute atomic E-state index is 0.0550. The van der Waals surface area contributed by atoms with Crippen LogP contribution in [-0.4, -0.2) is 41.1 Å². The van der Waals surface area contributed by atoms with Crippen LogP contribution in [0.2, 0.25) is 0 Å². The molecule has 1 aromatic carbocycles. The van der Waals surface area contributed by atoms with Crippen LogP contribution in [-0.2, 0) is 11.3 Å². The fourth-order valence-corrected chi connectivity index (χ4v) is 2.88. The first kappa shape index (κ1) is 18.8. The average Bonchev–Trinajstić information content (AvgIpc) is 2.47. The highest BCUT2D eigenvalue weighted by molar-refractivity contribution is 5.86. The van der Waals surface area contributed by atoms with Crippen LogP contribution in [0.3, 0.4) is 0 Å².